The van der Waals surface area contributed by atoms with Gasteiger partial charge in [0.2, 0.25) is 0 Å². The molecule has 0 aliphatic carbocycles. The van der Waals surface area contributed by atoms with Crippen LogP contribution in [0.15, 0.2) is 84.9 Å². The van der Waals surface area contributed by atoms with Crippen molar-refractivity contribution in [2.24, 2.45) is 0 Å². The summed E-state index contributed by atoms with van der Waals surface area (Å²) in [6.45, 7) is 8.84. The van der Waals surface area contributed by atoms with Crippen LogP contribution < -0.4 is 0 Å². The second kappa shape index (κ2) is 14.6. The fraction of sp³-hybridized carbons (Fsp3) is 0.345. The number of hydrogen-bond acceptors (Lipinski definition) is 3. The third kappa shape index (κ3) is 6.81. The molecule has 0 atom stereocenters. The SMILES string of the molecule is CCc1nc2ccccc2n1CCCN1CCN(C(c2ccccc2)c2ccccc2)CC1.Cl.Cl.Cl. The zero-order valence-electron chi connectivity index (χ0n) is 20.8. The Hall–Kier alpha value is -2.08. The van der Waals surface area contributed by atoms with Crippen molar-refractivity contribution in [3.05, 3.63) is 102 Å². The van der Waals surface area contributed by atoms with Crippen LogP contribution in [-0.2, 0) is 13.0 Å². The zero-order valence-corrected chi connectivity index (χ0v) is 23.3. The van der Waals surface area contributed by atoms with Crippen LogP contribution in [0.5, 0.6) is 0 Å². The van der Waals surface area contributed by atoms with E-state index in [0.717, 1.165) is 57.6 Å². The van der Waals surface area contributed by atoms with Gasteiger partial charge in [0.15, 0.2) is 0 Å². The molecule has 0 spiro atoms. The van der Waals surface area contributed by atoms with Gasteiger partial charge in [0.25, 0.3) is 0 Å². The molecule has 7 heteroatoms. The summed E-state index contributed by atoms with van der Waals surface area (Å²) in [6.07, 6.45) is 2.14. The van der Waals surface area contributed by atoms with E-state index in [-0.39, 0.29) is 37.2 Å². The average molecular weight is 548 g/mol. The predicted octanol–water partition coefficient (Wildman–Crippen LogP) is 6.66. The summed E-state index contributed by atoms with van der Waals surface area (Å²) in [5.41, 5.74) is 5.16. The van der Waals surface area contributed by atoms with Crippen LogP contribution in [0.3, 0.4) is 0 Å². The van der Waals surface area contributed by atoms with Gasteiger partial charge in [0.1, 0.15) is 5.82 Å². The highest BCUT2D eigenvalue weighted by Crippen LogP contribution is 2.29. The molecule has 194 valence electrons. The Labute approximate surface area is 233 Å². The fourth-order valence-electron chi connectivity index (χ4n) is 5.23. The smallest absolute Gasteiger partial charge is 0.109 e. The average Bonchev–Trinajstić information content (AvgIpc) is 3.24. The van der Waals surface area contributed by atoms with Crippen molar-refractivity contribution in [2.45, 2.75) is 32.4 Å². The lowest BCUT2D eigenvalue weighted by Crippen LogP contribution is -2.48. The van der Waals surface area contributed by atoms with Crippen molar-refractivity contribution >= 4 is 48.3 Å². The molecule has 0 bridgehead atoms. The van der Waals surface area contributed by atoms with Gasteiger partial charge in [0, 0.05) is 39.1 Å². The Balaban J connectivity index is 0.00000152. The van der Waals surface area contributed by atoms with Crippen LogP contribution in [0, 0.1) is 0 Å². The number of nitrogens with zero attached hydrogens (tertiary/aromatic N) is 4. The topological polar surface area (TPSA) is 24.3 Å². The molecule has 3 aromatic carbocycles. The van der Waals surface area contributed by atoms with Crippen LogP contribution in [0.2, 0.25) is 0 Å². The van der Waals surface area contributed by atoms with Crippen molar-refractivity contribution in [3.63, 3.8) is 0 Å². The normalized spacial score (nSPS) is 14.2. The second-order valence-corrected chi connectivity index (χ2v) is 8.98. The number of aryl methyl sites for hydroxylation is 2. The van der Waals surface area contributed by atoms with Gasteiger partial charge >= 0.3 is 0 Å². The molecular weight excluding hydrogens is 511 g/mol. The summed E-state index contributed by atoms with van der Waals surface area (Å²) >= 11 is 0. The maximum Gasteiger partial charge on any atom is 0.109 e. The quantitative estimate of drug-likeness (QED) is 0.246. The molecule has 4 nitrogen and oxygen atoms in total. The maximum atomic E-state index is 4.83. The summed E-state index contributed by atoms with van der Waals surface area (Å²) < 4.78 is 2.42. The third-order valence-electron chi connectivity index (χ3n) is 6.91. The standard InChI is InChI=1S/C29H34N4.3ClH/c1-2-28-30-26-16-9-10-17-27(26)33(28)19-11-18-31-20-22-32(23-21-31)29(24-12-5-3-6-13-24)25-14-7-4-8-15-25;;;/h3-10,12-17,29H,2,11,18-23H2,1H3;3*1H. The number of imidazole rings is 1. The minimum absolute atomic E-state index is 0. The molecular formula is C29H37Cl3N4. The van der Waals surface area contributed by atoms with Crippen molar-refractivity contribution in [2.75, 3.05) is 32.7 Å². The number of para-hydroxylation sites is 2. The van der Waals surface area contributed by atoms with Crippen LogP contribution >= 0.6 is 37.2 Å². The number of halogens is 3. The zero-order chi connectivity index (χ0) is 22.5. The van der Waals surface area contributed by atoms with Crippen molar-refractivity contribution < 1.29 is 0 Å². The van der Waals surface area contributed by atoms with E-state index < -0.39 is 0 Å². The molecule has 0 saturated carbocycles. The van der Waals surface area contributed by atoms with Crippen LogP contribution in [-0.4, -0.2) is 52.1 Å². The summed E-state index contributed by atoms with van der Waals surface area (Å²) in [4.78, 5) is 10.1. The Morgan fingerprint density at radius 1 is 0.694 bits per heavy atom. The van der Waals surface area contributed by atoms with Crippen molar-refractivity contribution in [1.82, 2.24) is 19.4 Å². The lowest BCUT2D eigenvalue weighted by atomic mass is 9.96. The van der Waals surface area contributed by atoms with E-state index in [1.165, 1.54) is 22.5 Å². The van der Waals surface area contributed by atoms with E-state index in [9.17, 15) is 0 Å². The van der Waals surface area contributed by atoms with Crippen molar-refractivity contribution in [3.8, 4) is 0 Å². The van der Waals surface area contributed by atoms with Gasteiger partial charge < -0.3 is 9.47 Å². The summed E-state index contributed by atoms with van der Waals surface area (Å²) in [7, 11) is 0. The summed E-state index contributed by atoms with van der Waals surface area (Å²) in [5, 5.41) is 0. The van der Waals surface area contributed by atoms with Gasteiger partial charge in [-0.25, -0.2) is 4.98 Å². The molecule has 0 amide bonds. The predicted molar refractivity (Wildman–Crippen MR) is 158 cm³/mol. The largest absolute Gasteiger partial charge is 0.328 e. The number of aromatic nitrogens is 2. The Morgan fingerprint density at radius 2 is 1.25 bits per heavy atom. The molecule has 0 radical (unpaired) electrons. The molecule has 4 aromatic rings. The lowest BCUT2D eigenvalue weighted by molar-refractivity contribution is 0.108. The molecule has 1 fully saturated rings. The van der Waals surface area contributed by atoms with E-state index in [1.807, 2.05) is 0 Å². The Bertz CT molecular complexity index is 1120. The van der Waals surface area contributed by atoms with Crippen LogP contribution in [0.4, 0.5) is 0 Å². The molecule has 1 aliphatic rings. The minimum atomic E-state index is 0. The van der Waals surface area contributed by atoms with Gasteiger partial charge in [-0.2, -0.15) is 0 Å². The number of benzene rings is 3. The van der Waals surface area contributed by atoms with Gasteiger partial charge in [-0.05, 0) is 36.2 Å². The highest BCUT2D eigenvalue weighted by molar-refractivity contribution is 5.86. The number of fused-ring (bicyclic) bond motifs is 1. The van der Waals surface area contributed by atoms with Gasteiger partial charge in [0.05, 0.1) is 17.1 Å². The highest BCUT2D eigenvalue weighted by Gasteiger charge is 2.26. The lowest BCUT2D eigenvalue weighted by Gasteiger charge is -2.40. The molecule has 1 saturated heterocycles. The fourth-order valence-corrected chi connectivity index (χ4v) is 5.23. The Morgan fingerprint density at radius 3 is 1.83 bits per heavy atom. The molecule has 2 heterocycles. The van der Waals surface area contributed by atoms with Crippen LogP contribution in [0.25, 0.3) is 11.0 Å². The number of rotatable bonds is 8. The molecule has 5 rings (SSSR count). The minimum Gasteiger partial charge on any atom is -0.328 e. The van der Waals surface area contributed by atoms with E-state index in [0.29, 0.717) is 6.04 Å². The number of hydrogen-bond donors (Lipinski definition) is 0. The Kier molecular flexibility index (Phi) is 12.2. The molecule has 0 N–H and O–H groups in total. The maximum absolute atomic E-state index is 4.83. The first-order valence-electron chi connectivity index (χ1n) is 12.3. The first-order chi connectivity index (χ1) is 16.3. The molecule has 1 aromatic heterocycles. The van der Waals surface area contributed by atoms with Crippen molar-refractivity contribution in [1.29, 1.82) is 0 Å². The summed E-state index contributed by atoms with van der Waals surface area (Å²) in [6, 6.07) is 30.8. The van der Waals surface area contributed by atoms with E-state index in [4.69, 9.17) is 4.98 Å². The first-order valence-corrected chi connectivity index (χ1v) is 12.3. The van der Waals surface area contributed by atoms with E-state index in [1.54, 1.807) is 0 Å². The third-order valence-corrected chi connectivity index (χ3v) is 6.91. The molecule has 36 heavy (non-hydrogen) atoms. The highest BCUT2D eigenvalue weighted by atomic mass is 35.5. The van der Waals surface area contributed by atoms with E-state index >= 15 is 0 Å². The molecule has 0 unspecified atom stereocenters. The second-order valence-electron chi connectivity index (χ2n) is 8.98. The van der Waals surface area contributed by atoms with Gasteiger partial charge in [-0.3, -0.25) is 4.90 Å². The first kappa shape index (κ1) is 30.1. The van der Waals surface area contributed by atoms with Crippen LogP contribution in [0.1, 0.15) is 36.3 Å². The molecule has 1 aliphatic heterocycles. The number of piperazine rings is 1. The monoisotopic (exact) mass is 546 g/mol. The van der Waals surface area contributed by atoms with Gasteiger partial charge in [-0.1, -0.05) is 79.7 Å². The van der Waals surface area contributed by atoms with E-state index in [2.05, 4.69) is 106 Å². The summed E-state index contributed by atoms with van der Waals surface area (Å²) in [5.74, 6) is 1.20. The van der Waals surface area contributed by atoms with Gasteiger partial charge in [-0.15, -0.1) is 37.2 Å².